The number of hydrogen-bond donors (Lipinski definition) is 2. The Morgan fingerprint density at radius 1 is 1.03 bits per heavy atom. The normalized spacial score (nSPS) is 11.3. The highest BCUT2D eigenvalue weighted by Gasteiger charge is 2.07. The second-order valence-corrected chi connectivity index (χ2v) is 9.01. The molecular weight excluding hydrogens is 408 g/mol. The van der Waals surface area contributed by atoms with E-state index in [0.29, 0.717) is 12.2 Å². The van der Waals surface area contributed by atoms with E-state index in [1.54, 1.807) is 23.1 Å². The summed E-state index contributed by atoms with van der Waals surface area (Å²) in [5.41, 5.74) is 4.34. The Bertz CT molecular complexity index is 1180. The van der Waals surface area contributed by atoms with Crippen LogP contribution in [0.4, 0.5) is 16.5 Å². The molecular formula is C19H18N6O2S2. The lowest BCUT2D eigenvalue weighted by Gasteiger charge is -2.05. The molecule has 0 unspecified atom stereocenters. The first kappa shape index (κ1) is 19.1. The second-order valence-electron chi connectivity index (χ2n) is 6.40. The summed E-state index contributed by atoms with van der Waals surface area (Å²) >= 11 is 1.51. The molecule has 2 aromatic heterocycles. The van der Waals surface area contributed by atoms with Crippen molar-refractivity contribution in [2.75, 3.05) is 16.3 Å². The molecule has 0 atom stereocenters. The quantitative estimate of drug-likeness (QED) is 0.468. The van der Waals surface area contributed by atoms with Crippen molar-refractivity contribution in [2.45, 2.75) is 6.54 Å². The van der Waals surface area contributed by atoms with Gasteiger partial charge in [-0.25, -0.2) is 23.1 Å². The van der Waals surface area contributed by atoms with Gasteiger partial charge >= 0.3 is 0 Å². The Balaban J connectivity index is 1.41. The number of anilines is 3. The Morgan fingerprint density at radius 2 is 1.76 bits per heavy atom. The van der Waals surface area contributed by atoms with E-state index in [-0.39, 0.29) is 0 Å². The lowest BCUT2D eigenvalue weighted by atomic mass is 10.1. The number of thiazole rings is 1. The molecule has 29 heavy (non-hydrogen) atoms. The fourth-order valence-electron chi connectivity index (χ4n) is 2.71. The van der Waals surface area contributed by atoms with Gasteiger partial charge in [0.1, 0.15) is 12.7 Å². The van der Waals surface area contributed by atoms with E-state index in [1.807, 2.05) is 41.8 Å². The van der Waals surface area contributed by atoms with Crippen LogP contribution in [0, 0.1) is 0 Å². The molecule has 10 heteroatoms. The van der Waals surface area contributed by atoms with Crippen molar-refractivity contribution >= 4 is 37.9 Å². The van der Waals surface area contributed by atoms with Crippen LogP contribution in [0.2, 0.25) is 0 Å². The highest BCUT2D eigenvalue weighted by molar-refractivity contribution is 7.92. The van der Waals surface area contributed by atoms with Crippen LogP contribution in [-0.2, 0) is 16.6 Å². The third-order valence-electron chi connectivity index (χ3n) is 4.00. The Labute approximate surface area is 172 Å². The van der Waals surface area contributed by atoms with Gasteiger partial charge in [0.05, 0.1) is 18.5 Å². The zero-order valence-electron chi connectivity index (χ0n) is 15.5. The van der Waals surface area contributed by atoms with Crippen LogP contribution in [0.25, 0.3) is 11.3 Å². The molecule has 4 aromatic rings. The third kappa shape index (κ3) is 5.18. The molecule has 0 spiro atoms. The molecule has 0 aliphatic heterocycles. The van der Waals surface area contributed by atoms with Crippen LogP contribution in [0.5, 0.6) is 0 Å². The van der Waals surface area contributed by atoms with Crippen LogP contribution in [-0.4, -0.2) is 34.4 Å². The Hall–Kier alpha value is -3.24. The number of nitrogens with zero attached hydrogens (tertiary/aromatic N) is 4. The first-order valence-corrected chi connectivity index (χ1v) is 11.4. The van der Waals surface area contributed by atoms with E-state index in [2.05, 4.69) is 25.1 Å². The highest BCUT2D eigenvalue weighted by atomic mass is 32.2. The van der Waals surface area contributed by atoms with Crippen molar-refractivity contribution in [2.24, 2.45) is 0 Å². The van der Waals surface area contributed by atoms with Gasteiger partial charge < -0.3 is 5.32 Å². The first-order chi connectivity index (χ1) is 13.9. The Morgan fingerprint density at radius 3 is 2.41 bits per heavy atom. The minimum Gasteiger partial charge on any atom is -0.332 e. The summed E-state index contributed by atoms with van der Waals surface area (Å²) in [6.45, 7) is 0.672. The molecule has 0 fully saturated rings. The molecule has 4 rings (SSSR count). The van der Waals surface area contributed by atoms with E-state index < -0.39 is 10.0 Å². The molecule has 2 N–H and O–H groups in total. The minimum atomic E-state index is -3.28. The van der Waals surface area contributed by atoms with Crippen molar-refractivity contribution in [1.82, 2.24) is 19.7 Å². The average molecular weight is 427 g/mol. The zero-order valence-corrected chi connectivity index (χ0v) is 17.1. The summed E-state index contributed by atoms with van der Waals surface area (Å²) in [6, 6.07) is 15.2. The number of sulfonamides is 1. The predicted octanol–water partition coefficient (Wildman–Crippen LogP) is 3.57. The maximum Gasteiger partial charge on any atom is 0.229 e. The molecule has 0 aliphatic carbocycles. The summed E-state index contributed by atoms with van der Waals surface area (Å²) < 4.78 is 26.8. The van der Waals surface area contributed by atoms with Gasteiger partial charge in [-0.1, -0.05) is 24.3 Å². The van der Waals surface area contributed by atoms with E-state index in [4.69, 9.17) is 0 Å². The maximum atomic E-state index is 11.3. The van der Waals surface area contributed by atoms with Gasteiger partial charge in [0.25, 0.3) is 0 Å². The second kappa shape index (κ2) is 8.02. The van der Waals surface area contributed by atoms with E-state index >= 15 is 0 Å². The summed E-state index contributed by atoms with van der Waals surface area (Å²) in [4.78, 5) is 8.55. The number of aromatic nitrogens is 4. The third-order valence-corrected chi connectivity index (χ3v) is 5.37. The van der Waals surface area contributed by atoms with Crippen LogP contribution in [0.3, 0.4) is 0 Å². The van der Waals surface area contributed by atoms with Gasteiger partial charge in [-0.05, 0) is 29.8 Å². The summed E-state index contributed by atoms with van der Waals surface area (Å²) in [7, 11) is -3.28. The first-order valence-electron chi connectivity index (χ1n) is 8.67. The fourth-order valence-corrected chi connectivity index (χ4v) is 4.01. The number of hydrogen-bond acceptors (Lipinski definition) is 7. The summed E-state index contributed by atoms with van der Waals surface area (Å²) in [5.74, 6) is 0. The zero-order chi connectivity index (χ0) is 20.3. The van der Waals surface area contributed by atoms with Crippen LogP contribution >= 0.6 is 11.3 Å². The predicted molar refractivity (Wildman–Crippen MR) is 115 cm³/mol. The van der Waals surface area contributed by atoms with Crippen LogP contribution in [0.15, 0.2) is 66.6 Å². The lowest BCUT2D eigenvalue weighted by molar-refractivity contribution is 0.607. The van der Waals surface area contributed by atoms with Crippen LogP contribution in [0.1, 0.15) is 5.56 Å². The van der Waals surface area contributed by atoms with Gasteiger partial charge in [-0.15, -0.1) is 11.3 Å². The standard InChI is InChI=1S/C19H18N6O2S2/c1-29(26,27)24-17-8-4-15(5-9-17)18-11-28-19(23-18)22-16-6-2-14(3-7-16)10-25-13-20-12-21-25/h2-9,11-13,24H,10H2,1H3,(H,22,23). The van der Waals surface area contributed by atoms with Crippen LogP contribution < -0.4 is 10.0 Å². The highest BCUT2D eigenvalue weighted by Crippen LogP contribution is 2.28. The van der Waals surface area contributed by atoms with Gasteiger partial charge in [0.2, 0.25) is 10.0 Å². The van der Waals surface area contributed by atoms with Crippen molar-refractivity contribution in [3.8, 4) is 11.3 Å². The van der Waals surface area contributed by atoms with E-state index in [1.165, 1.54) is 17.7 Å². The van der Waals surface area contributed by atoms with Crippen molar-refractivity contribution in [1.29, 1.82) is 0 Å². The SMILES string of the molecule is CS(=O)(=O)Nc1ccc(-c2csc(Nc3ccc(Cn4cncn4)cc3)n2)cc1. The smallest absolute Gasteiger partial charge is 0.229 e. The van der Waals surface area contributed by atoms with Crippen molar-refractivity contribution in [3.63, 3.8) is 0 Å². The maximum absolute atomic E-state index is 11.3. The van der Waals surface area contributed by atoms with Crippen molar-refractivity contribution < 1.29 is 8.42 Å². The van der Waals surface area contributed by atoms with Gasteiger partial charge in [0.15, 0.2) is 5.13 Å². The largest absolute Gasteiger partial charge is 0.332 e. The van der Waals surface area contributed by atoms with Gasteiger partial charge in [-0.3, -0.25) is 4.72 Å². The molecule has 0 amide bonds. The molecule has 0 radical (unpaired) electrons. The molecule has 8 nitrogen and oxygen atoms in total. The number of nitrogens with one attached hydrogen (secondary N) is 2. The molecule has 0 bridgehead atoms. The van der Waals surface area contributed by atoms with Gasteiger partial charge in [0, 0.05) is 22.3 Å². The minimum absolute atomic E-state index is 0.524. The van der Waals surface area contributed by atoms with E-state index in [0.717, 1.165) is 33.9 Å². The van der Waals surface area contributed by atoms with Gasteiger partial charge in [-0.2, -0.15) is 5.10 Å². The molecule has 2 heterocycles. The number of benzene rings is 2. The number of rotatable bonds is 7. The molecule has 2 aromatic carbocycles. The molecule has 148 valence electrons. The molecule has 0 saturated heterocycles. The average Bonchev–Trinajstić information content (AvgIpc) is 3.35. The molecule has 0 saturated carbocycles. The fraction of sp³-hybridized carbons (Fsp3) is 0.105. The monoisotopic (exact) mass is 426 g/mol. The lowest BCUT2D eigenvalue weighted by Crippen LogP contribution is -2.09. The summed E-state index contributed by atoms with van der Waals surface area (Å²) in [6.07, 6.45) is 4.33. The Kier molecular flexibility index (Phi) is 5.28. The topological polar surface area (TPSA) is 102 Å². The summed E-state index contributed by atoms with van der Waals surface area (Å²) in [5, 5.41) is 10.1. The van der Waals surface area contributed by atoms with E-state index in [9.17, 15) is 8.42 Å². The van der Waals surface area contributed by atoms with Crippen molar-refractivity contribution in [3.05, 3.63) is 72.1 Å². The molecule has 0 aliphatic rings.